The minimum atomic E-state index is -0.218. The van der Waals surface area contributed by atoms with E-state index in [1.165, 1.54) is 12.1 Å². The fraction of sp³-hybridized carbons (Fsp3) is 0.333. The lowest BCUT2D eigenvalue weighted by atomic mass is 10.2. The molecule has 3 rings (SSSR count). The van der Waals surface area contributed by atoms with Crippen molar-refractivity contribution in [2.75, 3.05) is 38.2 Å². The molecule has 1 saturated heterocycles. The number of benzene rings is 1. The normalized spacial score (nSPS) is 15.4. The number of aliphatic imine (C=N–C) groups is 1. The van der Waals surface area contributed by atoms with E-state index in [1.807, 2.05) is 12.1 Å². The Morgan fingerprint density at radius 3 is 2.56 bits per heavy atom. The fourth-order valence-electron chi connectivity index (χ4n) is 2.77. The Hall–Kier alpha value is -2.83. The molecular weight excluding hydrogens is 321 g/mol. The van der Waals surface area contributed by atoms with Crippen molar-refractivity contribution in [2.45, 2.75) is 6.54 Å². The van der Waals surface area contributed by atoms with Gasteiger partial charge in [0.25, 0.3) is 0 Å². The summed E-state index contributed by atoms with van der Waals surface area (Å²) >= 11 is 0. The number of anilines is 1. The third kappa shape index (κ3) is 4.37. The molecule has 1 aromatic carbocycles. The van der Waals surface area contributed by atoms with Crippen molar-refractivity contribution in [1.82, 2.24) is 9.88 Å². The van der Waals surface area contributed by atoms with E-state index in [-0.39, 0.29) is 5.82 Å². The third-order valence-electron chi connectivity index (χ3n) is 4.19. The molecule has 0 atom stereocenters. The molecule has 132 valence electrons. The molecule has 1 aliphatic heterocycles. The highest BCUT2D eigenvalue weighted by Crippen LogP contribution is 2.17. The van der Waals surface area contributed by atoms with Crippen LogP contribution in [0.4, 0.5) is 10.1 Å². The summed E-state index contributed by atoms with van der Waals surface area (Å²) in [5, 5.41) is 0. The second-order valence-corrected chi connectivity index (χ2v) is 5.80. The van der Waals surface area contributed by atoms with Gasteiger partial charge in [0.05, 0.1) is 19.3 Å². The van der Waals surface area contributed by atoms with Gasteiger partial charge >= 0.3 is 0 Å². The Morgan fingerprint density at radius 1 is 1.16 bits per heavy atom. The van der Waals surface area contributed by atoms with Gasteiger partial charge in [-0.3, -0.25) is 0 Å². The Kier molecular flexibility index (Phi) is 5.33. The molecule has 2 heterocycles. The van der Waals surface area contributed by atoms with E-state index >= 15 is 0 Å². The van der Waals surface area contributed by atoms with Crippen LogP contribution in [0.25, 0.3) is 0 Å². The third-order valence-corrected chi connectivity index (χ3v) is 4.19. The maximum absolute atomic E-state index is 13.0. The van der Waals surface area contributed by atoms with Gasteiger partial charge in [0.1, 0.15) is 5.82 Å². The van der Waals surface area contributed by atoms with E-state index in [4.69, 9.17) is 10.5 Å². The predicted octanol–water partition coefficient (Wildman–Crippen LogP) is 1.87. The number of guanidine groups is 1. The second-order valence-electron chi connectivity index (χ2n) is 5.80. The van der Waals surface area contributed by atoms with Crippen LogP contribution in [0, 0.1) is 5.82 Å². The predicted molar refractivity (Wildman–Crippen MR) is 96.3 cm³/mol. The van der Waals surface area contributed by atoms with E-state index in [1.54, 1.807) is 25.3 Å². The molecule has 1 fully saturated rings. The van der Waals surface area contributed by atoms with Crippen LogP contribution in [-0.2, 0) is 6.54 Å². The van der Waals surface area contributed by atoms with Crippen molar-refractivity contribution in [3.63, 3.8) is 0 Å². The van der Waals surface area contributed by atoms with Crippen LogP contribution in [0.15, 0.2) is 47.5 Å². The van der Waals surface area contributed by atoms with Crippen LogP contribution in [0.2, 0.25) is 0 Å². The number of halogens is 1. The second kappa shape index (κ2) is 7.83. The van der Waals surface area contributed by atoms with E-state index < -0.39 is 0 Å². The lowest BCUT2D eigenvalue weighted by Crippen LogP contribution is -2.51. The number of nitrogens with two attached hydrogens (primary N) is 1. The molecular formula is C18H22FN5O. The average Bonchev–Trinajstić information content (AvgIpc) is 2.67. The molecule has 25 heavy (non-hydrogen) atoms. The van der Waals surface area contributed by atoms with Crippen LogP contribution in [-0.4, -0.2) is 49.1 Å². The maximum Gasteiger partial charge on any atom is 0.213 e. The van der Waals surface area contributed by atoms with Gasteiger partial charge in [-0.2, -0.15) is 0 Å². The molecule has 2 aromatic rings. The highest BCUT2D eigenvalue weighted by Gasteiger charge is 2.18. The summed E-state index contributed by atoms with van der Waals surface area (Å²) in [5.74, 6) is 0.868. The number of piperazine rings is 1. The number of aromatic nitrogens is 1. The smallest absolute Gasteiger partial charge is 0.213 e. The number of hydrogen-bond donors (Lipinski definition) is 1. The number of ether oxygens (including phenoxy) is 1. The topological polar surface area (TPSA) is 67.0 Å². The molecule has 0 radical (unpaired) electrons. The quantitative estimate of drug-likeness (QED) is 0.678. The largest absolute Gasteiger partial charge is 0.481 e. The molecule has 0 bridgehead atoms. The van der Waals surface area contributed by atoms with Crippen LogP contribution < -0.4 is 15.4 Å². The van der Waals surface area contributed by atoms with Crippen molar-refractivity contribution in [2.24, 2.45) is 10.7 Å². The van der Waals surface area contributed by atoms with Crippen molar-refractivity contribution in [1.29, 1.82) is 0 Å². The van der Waals surface area contributed by atoms with Crippen LogP contribution in [0.3, 0.4) is 0 Å². The summed E-state index contributed by atoms with van der Waals surface area (Å²) in [6.07, 6.45) is 0. The van der Waals surface area contributed by atoms with Crippen LogP contribution in [0.1, 0.15) is 5.69 Å². The monoisotopic (exact) mass is 343 g/mol. The number of nitrogens with zero attached hydrogens (tertiary/aromatic N) is 4. The SMILES string of the molecule is COc1cccc(CN=C(N)N2CCN(c3ccc(F)cc3)CC2)n1. The van der Waals surface area contributed by atoms with Gasteiger partial charge in [-0.05, 0) is 30.3 Å². The highest BCUT2D eigenvalue weighted by molar-refractivity contribution is 5.78. The minimum absolute atomic E-state index is 0.218. The molecule has 2 N–H and O–H groups in total. The first-order valence-electron chi connectivity index (χ1n) is 8.21. The lowest BCUT2D eigenvalue weighted by molar-refractivity contribution is 0.380. The first kappa shape index (κ1) is 17.0. The molecule has 0 amide bonds. The molecule has 0 unspecified atom stereocenters. The average molecular weight is 343 g/mol. The lowest BCUT2D eigenvalue weighted by Gasteiger charge is -2.36. The van der Waals surface area contributed by atoms with Crippen molar-refractivity contribution in [3.8, 4) is 5.88 Å². The van der Waals surface area contributed by atoms with Crippen LogP contribution >= 0.6 is 0 Å². The van der Waals surface area contributed by atoms with Crippen molar-refractivity contribution >= 4 is 11.6 Å². The zero-order chi connectivity index (χ0) is 17.6. The summed E-state index contributed by atoms with van der Waals surface area (Å²) in [7, 11) is 1.59. The Morgan fingerprint density at radius 2 is 1.88 bits per heavy atom. The zero-order valence-electron chi connectivity index (χ0n) is 14.2. The first-order valence-corrected chi connectivity index (χ1v) is 8.21. The molecule has 1 aromatic heterocycles. The van der Waals surface area contributed by atoms with Gasteiger partial charge in [-0.25, -0.2) is 14.4 Å². The Bertz CT molecular complexity index is 727. The van der Waals surface area contributed by atoms with Gasteiger partial charge in [0, 0.05) is 37.9 Å². The fourth-order valence-corrected chi connectivity index (χ4v) is 2.77. The Balaban J connectivity index is 1.55. The standard InChI is InChI=1S/C18H22FN5O/c1-25-17-4-2-3-15(22-17)13-21-18(20)24-11-9-23(10-12-24)16-7-5-14(19)6-8-16/h2-8H,9-13H2,1H3,(H2,20,21). The number of rotatable bonds is 4. The molecule has 7 heteroatoms. The van der Waals surface area contributed by atoms with Crippen molar-refractivity contribution in [3.05, 3.63) is 54.0 Å². The van der Waals surface area contributed by atoms with Crippen molar-refractivity contribution < 1.29 is 9.13 Å². The van der Waals surface area contributed by atoms with Crippen LogP contribution in [0.5, 0.6) is 5.88 Å². The molecule has 6 nitrogen and oxygen atoms in total. The van der Waals surface area contributed by atoms with E-state index in [0.717, 1.165) is 37.6 Å². The number of pyridine rings is 1. The molecule has 0 saturated carbocycles. The Labute approximate surface area is 146 Å². The number of hydrogen-bond acceptors (Lipinski definition) is 4. The summed E-state index contributed by atoms with van der Waals surface area (Å²) in [5.41, 5.74) is 7.96. The van der Waals surface area contributed by atoms with E-state index in [0.29, 0.717) is 18.4 Å². The first-order chi connectivity index (χ1) is 12.2. The van der Waals surface area contributed by atoms with E-state index in [9.17, 15) is 4.39 Å². The van der Waals surface area contributed by atoms with Gasteiger partial charge in [-0.1, -0.05) is 6.07 Å². The van der Waals surface area contributed by atoms with Gasteiger partial charge < -0.3 is 20.3 Å². The summed E-state index contributed by atoms with van der Waals surface area (Å²) < 4.78 is 18.1. The van der Waals surface area contributed by atoms with Gasteiger partial charge in [0.2, 0.25) is 5.88 Å². The zero-order valence-corrected chi connectivity index (χ0v) is 14.2. The van der Waals surface area contributed by atoms with Gasteiger partial charge in [0.15, 0.2) is 5.96 Å². The summed E-state index contributed by atoms with van der Waals surface area (Å²) in [4.78, 5) is 13.0. The molecule has 1 aliphatic rings. The summed E-state index contributed by atoms with van der Waals surface area (Å²) in [6.45, 7) is 3.61. The van der Waals surface area contributed by atoms with Gasteiger partial charge in [-0.15, -0.1) is 0 Å². The molecule has 0 aliphatic carbocycles. The highest BCUT2D eigenvalue weighted by atomic mass is 19.1. The summed E-state index contributed by atoms with van der Waals surface area (Å²) in [6, 6.07) is 12.1. The molecule has 0 spiro atoms. The minimum Gasteiger partial charge on any atom is -0.481 e. The van der Waals surface area contributed by atoms with E-state index in [2.05, 4.69) is 19.8 Å². The number of methoxy groups -OCH3 is 1. The maximum atomic E-state index is 13.0.